The summed E-state index contributed by atoms with van der Waals surface area (Å²) in [7, 11) is 4.09. The van der Waals surface area contributed by atoms with Gasteiger partial charge in [0.2, 0.25) is 0 Å². The summed E-state index contributed by atoms with van der Waals surface area (Å²) < 4.78 is 0. The van der Waals surface area contributed by atoms with Crippen LogP contribution in [0.2, 0.25) is 0 Å². The van der Waals surface area contributed by atoms with E-state index in [0.29, 0.717) is 10.5 Å². The van der Waals surface area contributed by atoms with E-state index in [1.54, 1.807) is 0 Å². The fourth-order valence-electron chi connectivity index (χ4n) is 6.32. The van der Waals surface area contributed by atoms with Gasteiger partial charge < -0.3 is 0 Å². The Labute approximate surface area is 296 Å². The summed E-state index contributed by atoms with van der Waals surface area (Å²) in [4.78, 5) is 0. The Bertz CT molecular complexity index is 1800. The zero-order chi connectivity index (χ0) is 33.6. The van der Waals surface area contributed by atoms with Crippen LogP contribution >= 0.6 is 21.6 Å². The molecule has 0 aliphatic carbocycles. The third-order valence-corrected chi connectivity index (χ3v) is 12.8. The van der Waals surface area contributed by atoms with E-state index in [1.807, 2.05) is 21.6 Å². The first-order valence-corrected chi connectivity index (χ1v) is 19.5. The fourth-order valence-corrected chi connectivity index (χ4v) is 9.70. The molecule has 0 aliphatic heterocycles. The van der Waals surface area contributed by atoms with Gasteiger partial charge in [-0.2, -0.15) is 0 Å². The first kappa shape index (κ1) is 33.9. The number of benzene rings is 6. The summed E-state index contributed by atoms with van der Waals surface area (Å²) in [6, 6.07) is 50.1. The van der Waals surface area contributed by atoms with Crippen LogP contribution in [0, 0.1) is 27.7 Å². The molecular formula is C46H46S2. The highest BCUT2D eigenvalue weighted by molar-refractivity contribution is 8.76. The van der Waals surface area contributed by atoms with Gasteiger partial charge in [0.15, 0.2) is 0 Å². The summed E-state index contributed by atoms with van der Waals surface area (Å²) >= 11 is 0. The molecule has 6 aromatic carbocycles. The highest BCUT2D eigenvalue weighted by Gasteiger charge is 2.22. The van der Waals surface area contributed by atoms with E-state index in [1.165, 1.54) is 77.9 Å². The average Bonchev–Trinajstić information content (AvgIpc) is 3.11. The molecule has 6 rings (SSSR count). The SMILES string of the molecule is CC[C@@H](SS[C@H](CC)c1cc(-c2ccc(C)cc2)ccc1-c1ccc(C)cc1)c1cc(-c2ccc(C)cc2)ccc1-c1ccc(C)cc1. The minimum atomic E-state index is 0.342. The number of hydrogen-bond donors (Lipinski definition) is 0. The van der Waals surface area contributed by atoms with Crippen molar-refractivity contribution < 1.29 is 0 Å². The minimum Gasteiger partial charge on any atom is -0.0853 e. The summed E-state index contributed by atoms with van der Waals surface area (Å²) in [5.41, 5.74) is 18.3. The van der Waals surface area contributed by atoms with Gasteiger partial charge in [0, 0.05) is 10.5 Å². The second-order valence-corrected chi connectivity index (χ2v) is 15.7. The highest BCUT2D eigenvalue weighted by Crippen LogP contribution is 2.52. The van der Waals surface area contributed by atoms with E-state index in [0.717, 1.165) is 12.8 Å². The van der Waals surface area contributed by atoms with Gasteiger partial charge in [0.05, 0.1) is 0 Å². The van der Waals surface area contributed by atoms with Crippen LogP contribution in [0.15, 0.2) is 133 Å². The van der Waals surface area contributed by atoms with E-state index in [-0.39, 0.29) is 0 Å². The Kier molecular flexibility index (Phi) is 10.9. The predicted octanol–water partition coefficient (Wildman–Crippen LogP) is 14.6. The second kappa shape index (κ2) is 15.5. The molecule has 0 unspecified atom stereocenters. The van der Waals surface area contributed by atoms with Gasteiger partial charge in [-0.15, -0.1) is 0 Å². The van der Waals surface area contributed by atoms with E-state index in [4.69, 9.17) is 0 Å². The molecule has 0 amide bonds. The van der Waals surface area contributed by atoms with Crippen molar-refractivity contribution in [3.63, 3.8) is 0 Å². The molecule has 2 atom stereocenters. The van der Waals surface area contributed by atoms with Crippen molar-refractivity contribution in [1.82, 2.24) is 0 Å². The van der Waals surface area contributed by atoms with Gasteiger partial charge in [-0.1, -0.05) is 179 Å². The Morgan fingerprint density at radius 3 is 0.917 bits per heavy atom. The monoisotopic (exact) mass is 662 g/mol. The molecular weight excluding hydrogens is 617 g/mol. The Morgan fingerprint density at radius 2 is 0.625 bits per heavy atom. The van der Waals surface area contributed by atoms with E-state index >= 15 is 0 Å². The maximum absolute atomic E-state index is 2.46. The van der Waals surface area contributed by atoms with Gasteiger partial charge in [0.1, 0.15) is 0 Å². The lowest BCUT2D eigenvalue weighted by atomic mass is 9.92. The Hall–Kier alpha value is -3.98. The lowest BCUT2D eigenvalue weighted by Gasteiger charge is -2.24. The molecule has 0 heterocycles. The van der Waals surface area contributed by atoms with E-state index < -0.39 is 0 Å². The largest absolute Gasteiger partial charge is 0.0853 e. The van der Waals surface area contributed by atoms with Crippen LogP contribution in [-0.2, 0) is 0 Å². The molecule has 6 aromatic rings. The van der Waals surface area contributed by atoms with Crippen molar-refractivity contribution in [3.8, 4) is 44.5 Å². The van der Waals surface area contributed by atoms with Crippen molar-refractivity contribution in [3.05, 3.63) is 167 Å². The van der Waals surface area contributed by atoms with Crippen molar-refractivity contribution >= 4 is 21.6 Å². The van der Waals surface area contributed by atoms with Crippen LogP contribution in [0.4, 0.5) is 0 Å². The topological polar surface area (TPSA) is 0 Å². The Balaban J connectivity index is 1.38. The third-order valence-electron chi connectivity index (χ3n) is 9.32. The van der Waals surface area contributed by atoms with Gasteiger partial charge >= 0.3 is 0 Å². The standard InChI is InChI=1S/C46H46S2/c1-7-45(43-29-39(35-17-9-31(3)10-18-35)25-27-41(43)37-21-13-33(5)14-22-37)47-48-46(8-2)44-30-40(36-19-11-32(4)12-20-36)26-28-42(44)38-23-15-34(6)16-24-38/h9-30,45-46H,7-8H2,1-6H3/t45-,46-/m1/s1. The van der Waals surface area contributed by atoms with Gasteiger partial charge in [-0.3, -0.25) is 0 Å². The van der Waals surface area contributed by atoms with Crippen molar-refractivity contribution in [1.29, 1.82) is 0 Å². The van der Waals surface area contributed by atoms with Crippen LogP contribution in [0.1, 0.15) is 70.6 Å². The van der Waals surface area contributed by atoms with Crippen LogP contribution in [-0.4, -0.2) is 0 Å². The van der Waals surface area contributed by atoms with Crippen LogP contribution in [0.5, 0.6) is 0 Å². The van der Waals surface area contributed by atoms with Crippen LogP contribution in [0.3, 0.4) is 0 Å². The molecule has 0 spiro atoms. The van der Waals surface area contributed by atoms with Crippen molar-refractivity contribution in [2.45, 2.75) is 64.9 Å². The zero-order valence-electron chi connectivity index (χ0n) is 29.1. The van der Waals surface area contributed by atoms with Gasteiger partial charge in [-0.05, 0) is 108 Å². The predicted molar refractivity (Wildman–Crippen MR) is 215 cm³/mol. The van der Waals surface area contributed by atoms with Crippen molar-refractivity contribution in [2.75, 3.05) is 0 Å². The minimum absolute atomic E-state index is 0.342. The zero-order valence-corrected chi connectivity index (χ0v) is 30.7. The maximum Gasteiger partial charge on any atom is 0.0405 e. The number of rotatable bonds is 11. The molecule has 2 heteroatoms. The summed E-state index contributed by atoms with van der Waals surface area (Å²) in [5, 5.41) is 0.683. The average molecular weight is 663 g/mol. The highest BCUT2D eigenvalue weighted by atomic mass is 33.1. The lowest BCUT2D eigenvalue weighted by molar-refractivity contribution is 0.895. The molecule has 0 bridgehead atoms. The third kappa shape index (κ3) is 7.83. The normalized spacial score (nSPS) is 12.5. The van der Waals surface area contributed by atoms with E-state index in [2.05, 4.69) is 175 Å². The summed E-state index contributed by atoms with van der Waals surface area (Å²) in [5.74, 6) is 0. The summed E-state index contributed by atoms with van der Waals surface area (Å²) in [6.07, 6.45) is 2.11. The number of hydrogen-bond acceptors (Lipinski definition) is 2. The van der Waals surface area contributed by atoms with E-state index in [9.17, 15) is 0 Å². The van der Waals surface area contributed by atoms with Crippen LogP contribution < -0.4 is 0 Å². The first-order valence-electron chi connectivity index (χ1n) is 17.2. The fraction of sp³-hybridized carbons (Fsp3) is 0.217. The molecule has 0 saturated heterocycles. The first-order chi connectivity index (χ1) is 23.3. The molecule has 0 nitrogen and oxygen atoms in total. The quantitative estimate of drug-likeness (QED) is 0.127. The molecule has 0 radical (unpaired) electrons. The summed E-state index contributed by atoms with van der Waals surface area (Å²) in [6.45, 7) is 13.3. The molecule has 0 fully saturated rings. The van der Waals surface area contributed by atoms with Crippen LogP contribution in [0.25, 0.3) is 44.5 Å². The lowest BCUT2D eigenvalue weighted by Crippen LogP contribution is -1.99. The molecule has 0 N–H and O–H groups in total. The molecule has 0 aromatic heterocycles. The van der Waals surface area contributed by atoms with Gasteiger partial charge in [0.25, 0.3) is 0 Å². The second-order valence-electron chi connectivity index (χ2n) is 13.1. The molecule has 48 heavy (non-hydrogen) atoms. The molecule has 0 saturated carbocycles. The maximum atomic E-state index is 2.46. The molecule has 0 aliphatic rings. The number of aryl methyl sites for hydroxylation is 4. The smallest absolute Gasteiger partial charge is 0.0405 e. The van der Waals surface area contributed by atoms with Crippen molar-refractivity contribution in [2.24, 2.45) is 0 Å². The Morgan fingerprint density at radius 1 is 0.354 bits per heavy atom. The van der Waals surface area contributed by atoms with Gasteiger partial charge in [-0.25, -0.2) is 0 Å². The molecule has 242 valence electrons.